The van der Waals surface area contributed by atoms with Gasteiger partial charge in [0.15, 0.2) is 0 Å². The molecule has 0 aliphatic carbocycles. The van der Waals surface area contributed by atoms with Crippen LogP contribution < -0.4 is 0 Å². The second-order valence-electron chi connectivity index (χ2n) is 3.23. The lowest BCUT2D eigenvalue weighted by Crippen LogP contribution is -1.83. The highest BCUT2D eigenvalue weighted by atomic mass is 32.2. The van der Waals surface area contributed by atoms with Crippen LogP contribution in [0.15, 0.2) is 46.0 Å². The summed E-state index contributed by atoms with van der Waals surface area (Å²) in [5, 5.41) is 13.3. The number of benzene rings is 1. The summed E-state index contributed by atoms with van der Waals surface area (Å²) < 4.78 is 0. The molecular weight excluding hydrogens is 224 g/mol. The van der Waals surface area contributed by atoms with E-state index in [9.17, 15) is 0 Å². The average Bonchev–Trinajstić information content (AvgIpc) is 2.79. The molecule has 0 aliphatic rings. The van der Waals surface area contributed by atoms with Gasteiger partial charge in [-0.25, -0.2) is 0 Å². The topological polar surface area (TPSA) is 20.2 Å². The molecule has 0 unspecified atom stereocenters. The van der Waals surface area contributed by atoms with Crippen LogP contribution in [0, 0.1) is 0 Å². The molecule has 1 nitrogen and oxygen atoms in total. The Kier molecular flexibility index (Phi) is 3.83. The van der Waals surface area contributed by atoms with Crippen LogP contribution in [0.25, 0.3) is 0 Å². The fraction of sp³-hybridized carbons (Fsp3) is 0.167. The second kappa shape index (κ2) is 5.35. The molecule has 1 aromatic carbocycles. The highest BCUT2D eigenvalue weighted by molar-refractivity contribution is 7.98. The maximum Gasteiger partial charge on any atom is 0.0682 e. The summed E-state index contributed by atoms with van der Waals surface area (Å²) in [5.41, 5.74) is 2.34. The Morgan fingerprint density at radius 2 is 2.13 bits per heavy atom. The van der Waals surface area contributed by atoms with E-state index in [2.05, 4.69) is 22.9 Å². The van der Waals surface area contributed by atoms with Crippen molar-refractivity contribution >= 4 is 23.1 Å². The zero-order valence-electron chi connectivity index (χ0n) is 8.22. The lowest BCUT2D eigenvalue weighted by molar-refractivity contribution is 0.281. The summed E-state index contributed by atoms with van der Waals surface area (Å²) in [6.07, 6.45) is 0. The summed E-state index contributed by atoms with van der Waals surface area (Å²) in [6, 6.07) is 10.2. The lowest BCUT2D eigenvalue weighted by Gasteiger charge is -2.02. The van der Waals surface area contributed by atoms with Gasteiger partial charge in [-0.1, -0.05) is 12.1 Å². The van der Waals surface area contributed by atoms with Gasteiger partial charge < -0.3 is 5.11 Å². The van der Waals surface area contributed by atoms with E-state index in [1.54, 1.807) is 23.1 Å². The van der Waals surface area contributed by atoms with Gasteiger partial charge >= 0.3 is 0 Å². The van der Waals surface area contributed by atoms with Gasteiger partial charge in [0.25, 0.3) is 0 Å². The number of aliphatic hydroxyl groups excluding tert-OH is 1. The summed E-state index contributed by atoms with van der Waals surface area (Å²) in [7, 11) is 0. The smallest absolute Gasteiger partial charge is 0.0682 e. The third-order valence-electron chi connectivity index (χ3n) is 2.07. The van der Waals surface area contributed by atoms with Crippen LogP contribution in [0.5, 0.6) is 0 Å². The molecule has 0 saturated carbocycles. The van der Waals surface area contributed by atoms with Crippen molar-refractivity contribution in [2.75, 3.05) is 0 Å². The number of hydrogen-bond donors (Lipinski definition) is 1. The first-order valence-electron chi connectivity index (χ1n) is 4.72. The highest BCUT2D eigenvalue weighted by Crippen LogP contribution is 2.24. The van der Waals surface area contributed by atoms with Crippen molar-refractivity contribution in [2.45, 2.75) is 17.3 Å². The molecule has 0 atom stereocenters. The Morgan fingerprint density at radius 1 is 1.20 bits per heavy atom. The van der Waals surface area contributed by atoms with Crippen molar-refractivity contribution in [3.63, 3.8) is 0 Å². The van der Waals surface area contributed by atoms with Gasteiger partial charge in [0.05, 0.1) is 6.61 Å². The van der Waals surface area contributed by atoms with Gasteiger partial charge in [-0.05, 0) is 40.1 Å². The van der Waals surface area contributed by atoms with Gasteiger partial charge in [0.1, 0.15) is 0 Å². The summed E-state index contributed by atoms with van der Waals surface area (Å²) in [4.78, 5) is 1.22. The Bertz CT molecular complexity index is 409. The molecule has 0 bridgehead atoms. The van der Waals surface area contributed by atoms with Crippen LogP contribution >= 0.6 is 23.1 Å². The van der Waals surface area contributed by atoms with Crippen LogP contribution in [-0.2, 0) is 12.4 Å². The first-order chi connectivity index (χ1) is 7.38. The monoisotopic (exact) mass is 236 g/mol. The molecule has 2 aromatic rings. The fourth-order valence-electron chi connectivity index (χ4n) is 1.28. The predicted molar refractivity (Wildman–Crippen MR) is 66.2 cm³/mol. The largest absolute Gasteiger partial charge is 0.392 e. The minimum absolute atomic E-state index is 0.118. The lowest BCUT2D eigenvalue weighted by atomic mass is 10.2. The quantitative estimate of drug-likeness (QED) is 0.819. The van der Waals surface area contributed by atoms with Gasteiger partial charge in [-0.15, -0.1) is 11.8 Å². The van der Waals surface area contributed by atoms with E-state index in [4.69, 9.17) is 5.11 Å². The normalized spacial score (nSPS) is 10.5. The molecule has 0 radical (unpaired) electrons. The standard InChI is InChI=1S/C12H12OS2/c13-7-10-2-1-3-12(6-10)15-9-11-4-5-14-8-11/h1-6,8,13H,7,9H2. The number of thiophene rings is 1. The maximum absolute atomic E-state index is 9.01. The van der Waals surface area contributed by atoms with E-state index < -0.39 is 0 Å². The van der Waals surface area contributed by atoms with Gasteiger partial charge in [0.2, 0.25) is 0 Å². The van der Waals surface area contributed by atoms with Crippen molar-refractivity contribution in [1.29, 1.82) is 0 Å². The first kappa shape index (κ1) is 10.7. The van der Waals surface area contributed by atoms with Crippen LogP contribution in [-0.4, -0.2) is 5.11 Å². The van der Waals surface area contributed by atoms with Crippen LogP contribution in [0.2, 0.25) is 0 Å². The van der Waals surface area contributed by atoms with E-state index >= 15 is 0 Å². The zero-order chi connectivity index (χ0) is 10.5. The third-order valence-corrected chi connectivity index (χ3v) is 3.86. The molecular formula is C12H12OS2. The van der Waals surface area contributed by atoms with Gasteiger partial charge in [-0.2, -0.15) is 11.3 Å². The maximum atomic E-state index is 9.01. The molecule has 0 spiro atoms. The van der Waals surface area contributed by atoms with Crippen molar-refractivity contribution < 1.29 is 5.11 Å². The Hall–Kier alpha value is -0.770. The number of hydrogen-bond acceptors (Lipinski definition) is 3. The van der Waals surface area contributed by atoms with Gasteiger partial charge in [-0.3, -0.25) is 0 Å². The van der Waals surface area contributed by atoms with E-state index in [0.29, 0.717) is 0 Å². The molecule has 1 aromatic heterocycles. The Balaban J connectivity index is 1.98. The predicted octanol–water partition coefficient (Wildman–Crippen LogP) is 3.53. The minimum atomic E-state index is 0.118. The Morgan fingerprint density at radius 3 is 2.87 bits per heavy atom. The van der Waals surface area contributed by atoms with Crippen LogP contribution in [0.1, 0.15) is 11.1 Å². The zero-order valence-corrected chi connectivity index (χ0v) is 9.85. The Labute approximate surface area is 97.8 Å². The molecule has 0 aliphatic heterocycles. The number of aliphatic hydroxyl groups is 1. The van der Waals surface area contributed by atoms with E-state index in [1.165, 1.54) is 10.5 Å². The van der Waals surface area contributed by atoms with Crippen molar-refractivity contribution in [1.82, 2.24) is 0 Å². The third kappa shape index (κ3) is 3.09. The molecule has 2 rings (SSSR count). The summed E-state index contributed by atoms with van der Waals surface area (Å²) in [5.74, 6) is 0.998. The molecule has 0 amide bonds. The van der Waals surface area contributed by atoms with Crippen molar-refractivity contribution in [3.05, 3.63) is 52.2 Å². The van der Waals surface area contributed by atoms with Gasteiger partial charge in [0, 0.05) is 10.6 Å². The highest BCUT2D eigenvalue weighted by Gasteiger charge is 1.97. The summed E-state index contributed by atoms with van der Waals surface area (Å²) in [6.45, 7) is 0.118. The average molecular weight is 236 g/mol. The molecule has 1 N–H and O–H groups in total. The summed E-state index contributed by atoms with van der Waals surface area (Å²) >= 11 is 3.53. The van der Waals surface area contributed by atoms with E-state index in [1.807, 2.05) is 18.2 Å². The van der Waals surface area contributed by atoms with Crippen LogP contribution in [0.3, 0.4) is 0 Å². The molecule has 1 heterocycles. The fourth-order valence-corrected chi connectivity index (χ4v) is 2.97. The van der Waals surface area contributed by atoms with E-state index in [-0.39, 0.29) is 6.61 Å². The first-order valence-corrected chi connectivity index (χ1v) is 6.65. The minimum Gasteiger partial charge on any atom is -0.392 e. The van der Waals surface area contributed by atoms with E-state index in [0.717, 1.165) is 11.3 Å². The SMILES string of the molecule is OCc1cccc(SCc2ccsc2)c1. The molecule has 15 heavy (non-hydrogen) atoms. The molecule has 0 saturated heterocycles. The molecule has 78 valence electrons. The van der Waals surface area contributed by atoms with Crippen molar-refractivity contribution in [3.8, 4) is 0 Å². The number of thioether (sulfide) groups is 1. The second-order valence-corrected chi connectivity index (χ2v) is 5.05. The number of rotatable bonds is 4. The van der Waals surface area contributed by atoms with Crippen LogP contribution in [0.4, 0.5) is 0 Å². The molecule has 0 fully saturated rings. The molecule has 3 heteroatoms. The van der Waals surface area contributed by atoms with Crippen molar-refractivity contribution in [2.24, 2.45) is 0 Å².